The van der Waals surface area contributed by atoms with E-state index in [1.807, 2.05) is 66.9 Å². The third-order valence-electron chi connectivity index (χ3n) is 5.69. The molecule has 0 aromatic heterocycles. The van der Waals surface area contributed by atoms with Crippen LogP contribution >= 0.6 is 0 Å². The molecule has 0 radical (unpaired) electrons. The Morgan fingerprint density at radius 3 is 2.82 bits per heavy atom. The monoisotopic (exact) mass is 454 g/mol. The van der Waals surface area contributed by atoms with Crippen LogP contribution in [0, 0.1) is 0 Å². The van der Waals surface area contributed by atoms with Crippen LogP contribution in [-0.2, 0) is 11.4 Å². The van der Waals surface area contributed by atoms with Crippen LogP contribution in [0.5, 0.6) is 5.75 Å². The summed E-state index contributed by atoms with van der Waals surface area (Å²) in [5, 5.41) is 12.1. The minimum absolute atomic E-state index is 0.0571. The predicted octanol–water partition coefficient (Wildman–Crippen LogP) is 3.30. The summed E-state index contributed by atoms with van der Waals surface area (Å²) >= 11 is 0. The lowest BCUT2D eigenvalue weighted by Gasteiger charge is -2.26. The molecule has 0 saturated heterocycles. The number of carbonyl (C=O) groups excluding carboxylic acids is 1. The first-order chi connectivity index (χ1) is 16.4. The molecule has 2 aliphatic heterocycles. The van der Waals surface area contributed by atoms with Crippen LogP contribution in [0.15, 0.2) is 106 Å². The van der Waals surface area contributed by atoms with Crippen molar-refractivity contribution in [2.24, 2.45) is 15.8 Å². The Labute approximate surface area is 197 Å². The van der Waals surface area contributed by atoms with Gasteiger partial charge in [-0.2, -0.15) is 10.8 Å². The van der Waals surface area contributed by atoms with Crippen LogP contribution in [-0.4, -0.2) is 33.8 Å². The maximum atomic E-state index is 11.7. The Morgan fingerprint density at radius 2 is 2.06 bits per heavy atom. The summed E-state index contributed by atoms with van der Waals surface area (Å²) in [4.78, 5) is 20.9. The van der Waals surface area contributed by atoms with E-state index >= 15 is 0 Å². The van der Waals surface area contributed by atoms with Gasteiger partial charge in [-0.15, -0.1) is 4.59 Å². The van der Waals surface area contributed by atoms with Gasteiger partial charge in [0.2, 0.25) is 5.70 Å². The summed E-state index contributed by atoms with van der Waals surface area (Å²) in [6.07, 6.45) is 10.1. The van der Waals surface area contributed by atoms with Gasteiger partial charge in [-0.1, -0.05) is 36.4 Å². The van der Waals surface area contributed by atoms with E-state index in [9.17, 15) is 9.90 Å². The number of fused-ring (bicyclic) bond motifs is 1. The van der Waals surface area contributed by atoms with Gasteiger partial charge in [-0.05, 0) is 42.8 Å². The molecule has 34 heavy (non-hydrogen) atoms. The van der Waals surface area contributed by atoms with Gasteiger partial charge < -0.3 is 15.2 Å². The molecule has 8 heteroatoms. The van der Waals surface area contributed by atoms with Gasteiger partial charge >= 0.3 is 0 Å². The van der Waals surface area contributed by atoms with E-state index in [1.54, 1.807) is 18.5 Å². The smallest absolute Gasteiger partial charge is 0.265 e. The molecule has 0 bridgehead atoms. The third kappa shape index (κ3) is 4.01. The number of nitrogens with one attached hydrogen (secondary N) is 1. The summed E-state index contributed by atoms with van der Waals surface area (Å²) in [5.74, 6) is 7.65. The second-order valence-electron chi connectivity index (χ2n) is 8.19. The highest BCUT2D eigenvalue weighted by Gasteiger charge is 2.44. The summed E-state index contributed by atoms with van der Waals surface area (Å²) in [6.45, 7) is 1.72. The van der Waals surface area contributed by atoms with Gasteiger partial charge in [-0.3, -0.25) is 9.79 Å². The van der Waals surface area contributed by atoms with Crippen LogP contribution in [0.2, 0.25) is 0 Å². The molecular weight excluding hydrogens is 430 g/mol. The van der Waals surface area contributed by atoms with Crippen molar-refractivity contribution in [1.29, 1.82) is 0 Å². The molecule has 8 nitrogen and oxygen atoms in total. The lowest BCUT2D eigenvalue weighted by atomic mass is 10.0. The second-order valence-corrected chi connectivity index (χ2v) is 8.19. The molecule has 1 aliphatic carbocycles. The number of quaternary nitrogens is 1. The molecule has 3 aliphatic rings. The van der Waals surface area contributed by atoms with Crippen LogP contribution < -0.4 is 15.9 Å². The SMILES string of the molecule is CC(O)C(=O)Nc1cccc(COc2cccc(C3=NC(C4=CC=C4)=C4C=NC=C[N+]34N)c2)c1. The molecule has 0 saturated carbocycles. The van der Waals surface area contributed by atoms with Crippen LogP contribution in [0.1, 0.15) is 18.1 Å². The molecule has 0 fully saturated rings. The average molecular weight is 455 g/mol. The van der Waals surface area contributed by atoms with Gasteiger partial charge in [0.1, 0.15) is 30.4 Å². The number of benzene rings is 2. The van der Waals surface area contributed by atoms with E-state index < -0.39 is 12.0 Å². The standard InChI is InChI=1S/C26H23N5O3/c1-17(32)26(33)29-21-9-2-5-18(13-21)16-34-22-10-4-8-20(14-22)25-30-24(19-6-3-7-19)23-15-28-11-12-31(23,25)27/h2-15,17,32H,16,27H2,1H3/p+1. The van der Waals surface area contributed by atoms with Gasteiger partial charge in [0, 0.05) is 11.3 Å². The molecule has 5 rings (SSSR count). The Bertz CT molecular complexity index is 1350. The highest BCUT2D eigenvalue weighted by Crippen LogP contribution is 2.36. The molecule has 2 aromatic rings. The zero-order valence-electron chi connectivity index (χ0n) is 18.6. The van der Waals surface area contributed by atoms with Gasteiger partial charge in [0.05, 0.1) is 18.0 Å². The molecule has 0 spiro atoms. The predicted molar refractivity (Wildman–Crippen MR) is 130 cm³/mol. The lowest BCUT2D eigenvalue weighted by molar-refractivity contribution is -0.750. The highest BCUT2D eigenvalue weighted by atomic mass is 16.5. The fourth-order valence-corrected chi connectivity index (χ4v) is 3.82. The van der Waals surface area contributed by atoms with Crippen molar-refractivity contribution in [3.63, 3.8) is 0 Å². The number of aliphatic imine (C=N–C) groups is 2. The molecular formula is C26H24N5O3+. The number of amides is 1. The van der Waals surface area contributed by atoms with Crippen molar-refractivity contribution in [2.45, 2.75) is 19.6 Å². The zero-order valence-corrected chi connectivity index (χ0v) is 18.6. The number of aliphatic hydroxyl groups is 1. The Hall–Kier alpha value is -4.11. The lowest BCUT2D eigenvalue weighted by Crippen LogP contribution is -2.53. The number of nitrogens with zero attached hydrogens (tertiary/aromatic N) is 3. The topological polar surface area (TPSA) is 109 Å². The number of carbonyl (C=O) groups is 1. The summed E-state index contributed by atoms with van der Waals surface area (Å²) in [5.41, 5.74) is 4.97. The molecule has 2 heterocycles. The Balaban J connectivity index is 1.35. The summed E-state index contributed by atoms with van der Waals surface area (Å²) < 4.78 is 5.97. The first-order valence-electron chi connectivity index (χ1n) is 10.9. The molecule has 2 unspecified atom stereocenters. The van der Waals surface area contributed by atoms with E-state index in [0.29, 0.717) is 23.9 Å². The van der Waals surface area contributed by atoms with E-state index in [0.717, 1.165) is 28.1 Å². The molecule has 1 amide bonds. The molecule has 4 N–H and O–H groups in total. The van der Waals surface area contributed by atoms with Gasteiger partial charge in [0.15, 0.2) is 0 Å². The number of rotatable bonds is 7. The van der Waals surface area contributed by atoms with Crippen molar-refractivity contribution in [3.05, 3.63) is 107 Å². The second kappa shape index (κ2) is 8.68. The van der Waals surface area contributed by atoms with Crippen molar-refractivity contribution in [2.75, 3.05) is 5.32 Å². The number of nitrogens with two attached hydrogens (primary N) is 1. The first kappa shape index (κ1) is 21.7. The maximum Gasteiger partial charge on any atom is 0.265 e. The molecule has 2 atom stereocenters. The van der Waals surface area contributed by atoms with Crippen molar-refractivity contribution in [1.82, 2.24) is 0 Å². The number of ether oxygens (including phenoxy) is 1. The first-order valence-corrected chi connectivity index (χ1v) is 10.9. The van der Waals surface area contributed by atoms with Crippen LogP contribution in [0.3, 0.4) is 0 Å². The fourth-order valence-electron chi connectivity index (χ4n) is 3.82. The van der Waals surface area contributed by atoms with Crippen molar-refractivity contribution < 1.29 is 19.2 Å². The average Bonchev–Trinajstić information content (AvgIpc) is 3.09. The Kier molecular flexibility index (Phi) is 5.54. The van der Waals surface area contributed by atoms with Gasteiger partial charge in [0.25, 0.3) is 11.7 Å². The summed E-state index contributed by atoms with van der Waals surface area (Å²) in [7, 11) is 0. The zero-order chi connectivity index (χ0) is 23.7. The highest BCUT2D eigenvalue weighted by molar-refractivity contribution is 6.01. The third-order valence-corrected chi connectivity index (χ3v) is 5.69. The molecule has 170 valence electrons. The van der Waals surface area contributed by atoms with E-state index in [4.69, 9.17) is 15.6 Å². The normalized spacial score (nSPS) is 20.9. The summed E-state index contributed by atoms with van der Waals surface area (Å²) in [6, 6.07) is 14.9. The number of hydrogen-bond donors (Lipinski definition) is 3. The van der Waals surface area contributed by atoms with E-state index in [2.05, 4.69) is 10.3 Å². The quantitative estimate of drug-likeness (QED) is 0.440. The maximum absolute atomic E-state index is 11.7. The largest absolute Gasteiger partial charge is 0.489 e. The number of amidine groups is 1. The van der Waals surface area contributed by atoms with Gasteiger partial charge in [-0.25, -0.2) is 0 Å². The number of allylic oxidation sites excluding steroid dienone is 4. The van der Waals surface area contributed by atoms with E-state index in [-0.39, 0.29) is 4.59 Å². The Morgan fingerprint density at radius 1 is 1.24 bits per heavy atom. The number of anilines is 1. The van der Waals surface area contributed by atoms with Crippen LogP contribution in [0.4, 0.5) is 5.69 Å². The minimum Gasteiger partial charge on any atom is -0.489 e. The van der Waals surface area contributed by atoms with Crippen LogP contribution in [0.25, 0.3) is 0 Å². The number of hydrogen-bond acceptors (Lipinski definition) is 6. The van der Waals surface area contributed by atoms with Crippen molar-refractivity contribution in [3.8, 4) is 5.75 Å². The fraction of sp³-hybridized carbons (Fsp3) is 0.115. The van der Waals surface area contributed by atoms with E-state index in [1.165, 1.54) is 6.92 Å². The molecule has 2 aromatic carbocycles. The van der Waals surface area contributed by atoms with Crippen molar-refractivity contribution >= 4 is 23.6 Å². The number of aliphatic hydroxyl groups excluding tert-OH is 1. The minimum atomic E-state index is -1.08.